The number of carbonyl (C=O) groups is 1. The highest BCUT2D eigenvalue weighted by Crippen LogP contribution is 2.48. The van der Waals surface area contributed by atoms with Crippen LogP contribution >= 0.6 is 0 Å². The van der Waals surface area contributed by atoms with Crippen molar-refractivity contribution in [2.24, 2.45) is 5.92 Å². The molecule has 0 amide bonds. The number of aliphatic carboxylic acids is 1. The second kappa shape index (κ2) is 5.44. The minimum atomic E-state index is -1.02. The predicted molar refractivity (Wildman–Crippen MR) is 67.3 cm³/mol. The minimum Gasteiger partial charge on any atom is -0.493 e. The Morgan fingerprint density at radius 3 is 2.70 bits per heavy atom. The molecule has 1 aromatic rings. The van der Waals surface area contributed by atoms with Crippen molar-refractivity contribution >= 4 is 11.7 Å². The summed E-state index contributed by atoms with van der Waals surface area (Å²) >= 11 is 0. The molecular weight excluding hydrogens is 269 g/mol. The van der Waals surface area contributed by atoms with E-state index in [9.17, 15) is 19.3 Å². The highest BCUT2D eigenvalue weighted by Gasteiger charge is 2.37. The van der Waals surface area contributed by atoms with Gasteiger partial charge in [0, 0.05) is 17.5 Å². The molecule has 1 aromatic carbocycles. The van der Waals surface area contributed by atoms with Gasteiger partial charge in [-0.1, -0.05) is 0 Å². The molecule has 1 atom stereocenters. The largest absolute Gasteiger partial charge is 0.493 e. The molecule has 7 heteroatoms. The van der Waals surface area contributed by atoms with Crippen molar-refractivity contribution in [1.82, 2.24) is 0 Å². The van der Waals surface area contributed by atoms with E-state index in [4.69, 9.17) is 9.84 Å². The Bertz CT molecular complexity index is 556. The van der Waals surface area contributed by atoms with Crippen molar-refractivity contribution in [2.75, 3.05) is 7.11 Å². The van der Waals surface area contributed by atoms with Crippen LogP contribution in [0, 0.1) is 21.8 Å². The van der Waals surface area contributed by atoms with Crippen LogP contribution < -0.4 is 4.74 Å². The molecule has 0 saturated heterocycles. The van der Waals surface area contributed by atoms with Gasteiger partial charge in [-0.25, -0.2) is 4.39 Å². The number of benzene rings is 1. The molecule has 1 saturated carbocycles. The summed E-state index contributed by atoms with van der Waals surface area (Å²) in [6.45, 7) is 0. The Balaban J connectivity index is 2.50. The Morgan fingerprint density at radius 1 is 1.60 bits per heavy atom. The first-order valence-electron chi connectivity index (χ1n) is 6.17. The summed E-state index contributed by atoms with van der Waals surface area (Å²) in [5.41, 5.74) is -0.126. The number of ether oxygens (including phenoxy) is 1. The topological polar surface area (TPSA) is 89.7 Å². The number of rotatable bonds is 6. The van der Waals surface area contributed by atoms with Crippen LogP contribution in [-0.2, 0) is 4.79 Å². The van der Waals surface area contributed by atoms with Crippen LogP contribution in [0.25, 0.3) is 0 Å². The molecule has 1 unspecified atom stereocenters. The molecule has 108 valence electrons. The van der Waals surface area contributed by atoms with Crippen molar-refractivity contribution in [3.63, 3.8) is 0 Å². The highest BCUT2D eigenvalue weighted by atomic mass is 19.1. The van der Waals surface area contributed by atoms with E-state index < -0.39 is 28.3 Å². The third kappa shape index (κ3) is 2.87. The van der Waals surface area contributed by atoms with Gasteiger partial charge in [-0.2, -0.15) is 0 Å². The van der Waals surface area contributed by atoms with Crippen LogP contribution in [0.15, 0.2) is 12.1 Å². The number of methoxy groups -OCH3 is 1. The number of nitrogens with zero attached hydrogens (tertiary/aromatic N) is 1. The van der Waals surface area contributed by atoms with Crippen LogP contribution in [-0.4, -0.2) is 23.1 Å². The lowest BCUT2D eigenvalue weighted by Gasteiger charge is -2.18. The molecule has 1 N–H and O–H groups in total. The fourth-order valence-electron chi connectivity index (χ4n) is 2.41. The van der Waals surface area contributed by atoms with Crippen molar-refractivity contribution in [3.8, 4) is 5.75 Å². The first-order chi connectivity index (χ1) is 9.43. The van der Waals surface area contributed by atoms with E-state index in [1.807, 2.05) is 0 Å². The third-order valence-electron chi connectivity index (χ3n) is 3.46. The summed E-state index contributed by atoms with van der Waals surface area (Å²) < 4.78 is 18.8. The summed E-state index contributed by atoms with van der Waals surface area (Å²) in [5.74, 6) is -2.31. The molecule has 0 bridgehead atoms. The first-order valence-corrected chi connectivity index (χ1v) is 6.17. The quantitative estimate of drug-likeness (QED) is 0.640. The van der Waals surface area contributed by atoms with E-state index in [1.54, 1.807) is 0 Å². The maximum Gasteiger partial charge on any atom is 0.303 e. The molecular formula is C13H14FNO5. The Labute approximate surface area is 114 Å². The van der Waals surface area contributed by atoms with Crippen molar-refractivity contribution in [3.05, 3.63) is 33.6 Å². The Hall–Kier alpha value is -2.18. The van der Waals surface area contributed by atoms with E-state index in [0.29, 0.717) is 0 Å². The van der Waals surface area contributed by atoms with Gasteiger partial charge >= 0.3 is 5.97 Å². The fraction of sp³-hybridized carbons (Fsp3) is 0.462. The number of carboxylic acids is 1. The smallest absolute Gasteiger partial charge is 0.303 e. The fourth-order valence-corrected chi connectivity index (χ4v) is 2.41. The van der Waals surface area contributed by atoms with Crippen LogP contribution in [0.5, 0.6) is 5.75 Å². The number of carboxylic acid groups (broad SMARTS) is 1. The van der Waals surface area contributed by atoms with Gasteiger partial charge in [0.2, 0.25) is 0 Å². The molecule has 0 radical (unpaired) electrons. The maximum absolute atomic E-state index is 13.9. The van der Waals surface area contributed by atoms with Crippen LogP contribution in [0.3, 0.4) is 0 Å². The molecule has 0 aliphatic heterocycles. The number of hydrogen-bond acceptors (Lipinski definition) is 4. The van der Waals surface area contributed by atoms with E-state index in [0.717, 1.165) is 18.9 Å². The zero-order chi connectivity index (χ0) is 14.9. The summed E-state index contributed by atoms with van der Waals surface area (Å²) in [4.78, 5) is 21.1. The van der Waals surface area contributed by atoms with Crippen LogP contribution in [0.4, 0.5) is 10.1 Å². The number of nitro benzene ring substituents is 1. The van der Waals surface area contributed by atoms with E-state index in [-0.39, 0.29) is 23.7 Å². The maximum atomic E-state index is 13.9. The SMILES string of the molecule is COc1c(F)cc([N+](=O)[O-])cc1C(CC(=O)O)C1CC1. The molecule has 1 fully saturated rings. The van der Waals surface area contributed by atoms with Crippen molar-refractivity contribution < 1.29 is 24.0 Å². The van der Waals surface area contributed by atoms with Crippen molar-refractivity contribution in [1.29, 1.82) is 0 Å². The average Bonchev–Trinajstić information content (AvgIpc) is 3.18. The summed E-state index contributed by atoms with van der Waals surface area (Å²) in [6, 6.07) is 2.00. The van der Waals surface area contributed by atoms with Crippen molar-refractivity contribution in [2.45, 2.75) is 25.2 Å². The van der Waals surface area contributed by atoms with E-state index in [1.165, 1.54) is 13.2 Å². The van der Waals surface area contributed by atoms with E-state index >= 15 is 0 Å². The average molecular weight is 283 g/mol. The summed E-state index contributed by atoms with van der Waals surface area (Å²) in [5, 5.41) is 19.8. The first kappa shape index (κ1) is 14.2. The minimum absolute atomic E-state index is 0.103. The predicted octanol–water partition coefficient (Wildman–Crippen LogP) is 2.71. The molecule has 2 rings (SSSR count). The monoisotopic (exact) mass is 283 g/mol. The van der Waals surface area contributed by atoms with Gasteiger partial charge in [0.25, 0.3) is 5.69 Å². The third-order valence-corrected chi connectivity index (χ3v) is 3.46. The normalized spacial score (nSPS) is 15.7. The molecule has 1 aliphatic carbocycles. The number of hydrogen-bond donors (Lipinski definition) is 1. The molecule has 0 heterocycles. The Morgan fingerprint density at radius 2 is 2.25 bits per heavy atom. The molecule has 1 aliphatic rings. The van der Waals surface area contributed by atoms with Gasteiger partial charge in [0.05, 0.1) is 24.5 Å². The van der Waals surface area contributed by atoms with Gasteiger partial charge in [-0.05, 0) is 18.8 Å². The summed E-state index contributed by atoms with van der Waals surface area (Å²) in [6.07, 6.45) is 1.48. The molecule has 20 heavy (non-hydrogen) atoms. The van der Waals surface area contributed by atoms with Gasteiger partial charge in [0.15, 0.2) is 11.6 Å². The number of halogens is 1. The van der Waals surface area contributed by atoms with Crippen LogP contribution in [0.1, 0.15) is 30.7 Å². The zero-order valence-electron chi connectivity index (χ0n) is 10.8. The lowest BCUT2D eigenvalue weighted by molar-refractivity contribution is -0.385. The molecule has 0 aromatic heterocycles. The van der Waals surface area contributed by atoms with Gasteiger partial charge in [0.1, 0.15) is 0 Å². The highest BCUT2D eigenvalue weighted by molar-refractivity contribution is 5.68. The van der Waals surface area contributed by atoms with Crippen LogP contribution in [0.2, 0.25) is 0 Å². The summed E-state index contributed by atoms with van der Waals surface area (Å²) in [7, 11) is 1.26. The van der Waals surface area contributed by atoms with Gasteiger partial charge in [-0.3, -0.25) is 14.9 Å². The second-order valence-corrected chi connectivity index (χ2v) is 4.85. The number of nitro groups is 1. The Kier molecular flexibility index (Phi) is 3.87. The molecule has 6 nitrogen and oxygen atoms in total. The standard InChI is InChI=1S/C13H14FNO5/c1-20-13-10(4-8(15(18)19)5-11(13)14)9(6-12(16)17)7-2-3-7/h4-5,7,9H,2-3,6H2,1H3,(H,16,17). The lowest BCUT2D eigenvalue weighted by atomic mass is 9.89. The van der Waals surface area contributed by atoms with Gasteiger partial charge < -0.3 is 9.84 Å². The zero-order valence-corrected chi connectivity index (χ0v) is 10.8. The van der Waals surface area contributed by atoms with Gasteiger partial charge in [-0.15, -0.1) is 0 Å². The second-order valence-electron chi connectivity index (χ2n) is 4.85. The molecule has 0 spiro atoms. The number of non-ortho nitro benzene ring substituents is 1. The lowest BCUT2D eigenvalue weighted by Crippen LogP contribution is -2.11. The van der Waals surface area contributed by atoms with E-state index in [2.05, 4.69) is 0 Å².